The van der Waals surface area contributed by atoms with Crippen molar-refractivity contribution in [2.75, 3.05) is 11.9 Å². The third-order valence-electron chi connectivity index (χ3n) is 2.27. The highest BCUT2D eigenvalue weighted by atomic mass is 79.9. The minimum atomic E-state index is -0.125. The summed E-state index contributed by atoms with van der Waals surface area (Å²) in [6.45, 7) is 6.74. The molecule has 1 amide bonds. The molecule has 100 valence electrons. The Hall–Kier alpha value is -1.07. The molecule has 5 heteroatoms. The average Bonchev–Trinajstić information content (AvgIpc) is 2.23. The van der Waals surface area contributed by atoms with Crippen LogP contribution in [0, 0.1) is 0 Å². The van der Waals surface area contributed by atoms with E-state index < -0.39 is 0 Å². The van der Waals surface area contributed by atoms with Crippen molar-refractivity contribution in [1.82, 2.24) is 5.32 Å². The van der Waals surface area contributed by atoms with E-state index in [0.717, 1.165) is 0 Å². The number of rotatable bonds is 4. The number of aromatic hydroxyl groups is 1. The molecule has 4 nitrogen and oxygen atoms in total. The quantitative estimate of drug-likeness (QED) is 0.749. The van der Waals surface area contributed by atoms with Gasteiger partial charge >= 0.3 is 0 Å². The Labute approximate surface area is 116 Å². The summed E-state index contributed by atoms with van der Waals surface area (Å²) in [6.07, 6.45) is 0.364. The first-order chi connectivity index (χ1) is 8.29. The molecule has 0 saturated heterocycles. The fraction of sp³-hybridized carbons (Fsp3) is 0.462. The van der Waals surface area contributed by atoms with E-state index in [1.165, 1.54) is 0 Å². The minimum absolute atomic E-state index is 0.00179. The van der Waals surface area contributed by atoms with Gasteiger partial charge in [0.15, 0.2) is 5.75 Å². The van der Waals surface area contributed by atoms with E-state index in [1.807, 2.05) is 20.8 Å². The predicted octanol–water partition coefficient (Wildman–Crippen LogP) is 2.87. The topological polar surface area (TPSA) is 61.4 Å². The number of hydrogen-bond acceptors (Lipinski definition) is 3. The van der Waals surface area contributed by atoms with Crippen molar-refractivity contribution in [1.29, 1.82) is 0 Å². The first-order valence-electron chi connectivity index (χ1n) is 5.82. The number of benzene rings is 1. The van der Waals surface area contributed by atoms with Crippen molar-refractivity contribution in [3.8, 4) is 5.75 Å². The number of carbonyl (C=O) groups excluding carboxylic acids is 1. The summed E-state index contributed by atoms with van der Waals surface area (Å²) in [5.41, 5.74) is 0.420. The van der Waals surface area contributed by atoms with E-state index in [0.29, 0.717) is 23.1 Å². The van der Waals surface area contributed by atoms with Crippen molar-refractivity contribution >= 4 is 27.5 Å². The molecule has 0 bridgehead atoms. The zero-order valence-corrected chi connectivity index (χ0v) is 12.5. The van der Waals surface area contributed by atoms with Crippen LogP contribution in [-0.4, -0.2) is 23.1 Å². The van der Waals surface area contributed by atoms with Gasteiger partial charge in [-0.15, -0.1) is 0 Å². The van der Waals surface area contributed by atoms with Crippen LogP contribution >= 0.6 is 15.9 Å². The van der Waals surface area contributed by atoms with Crippen molar-refractivity contribution < 1.29 is 9.90 Å². The van der Waals surface area contributed by atoms with Gasteiger partial charge in [-0.2, -0.15) is 0 Å². The molecule has 3 N–H and O–H groups in total. The van der Waals surface area contributed by atoms with Gasteiger partial charge in [-0.05, 0) is 48.8 Å². The maximum atomic E-state index is 11.7. The molecule has 0 spiro atoms. The molecule has 0 saturated carbocycles. The molecule has 0 heterocycles. The molecule has 0 aromatic heterocycles. The average molecular weight is 315 g/mol. The summed E-state index contributed by atoms with van der Waals surface area (Å²) in [7, 11) is 0. The van der Waals surface area contributed by atoms with Crippen molar-refractivity contribution in [2.24, 2.45) is 0 Å². The number of halogens is 1. The van der Waals surface area contributed by atoms with Gasteiger partial charge in [0.2, 0.25) is 5.91 Å². The summed E-state index contributed by atoms with van der Waals surface area (Å²) < 4.78 is 0.563. The number of nitrogens with one attached hydrogen (secondary N) is 2. The Morgan fingerprint density at radius 3 is 2.67 bits per heavy atom. The molecule has 0 fully saturated rings. The fourth-order valence-electron chi connectivity index (χ4n) is 1.38. The largest absolute Gasteiger partial charge is 0.505 e. The highest BCUT2D eigenvalue weighted by molar-refractivity contribution is 9.10. The lowest BCUT2D eigenvalue weighted by Crippen LogP contribution is -2.37. The molecule has 0 aliphatic carbocycles. The zero-order valence-electron chi connectivity index (χ0n) is 10.9. The predicted molar refractivity (Wildman–Crippen MR) is 76.8 cm³/mol. The van der Waals surface area contributed by atoms with Crippen LogP contribution in [-0.2, 0) is 4.79 Å². The molecule has 1 aromatic carbocycles. The van der Waals surface area contributed by atoms with Gasteiger partial charge in [0.05, 0.1) is 10.2 Å². The van der Waals surface area contributed by atoms with E-state index in [2.05, 4.69) is 26.6 Å². The van der Waals surface area contributed by atoms with Crippen LogP contribution in [0.15, 0.2) is 22.7 Å². The molecular weight excluding hydrogens is 296 g/mol. The number of hydrogen-bond donors (Lipinski definition) is 3. The van der Waals surface area contributed by atoms with Crippen LogP contribution in [0.2, 0.25) is 0 Å². The van der Waals surface area contributed by atoms with Crippen molar-refractivity contribution in [2.45, 2.75) is 32.7 Å². The number of amides is 1. The van der Waals surface area contributed by atoms with Gasteiger partial charge < -0.3 is 15.7 Å². The molecule has 1 rings (SSSR count). The highest BCUT2D eigenvalue weighted by Crippen LogP contribution is 2.31. The monoisotopic (exact) mass is 314 g/mol. The van der Waals surface area contributed by atoms with Crippen LogP contribution in [0.4, 0.5) is 5.69 Å². The maximum absolute atomic E-state index is 11.7. The van der Waals surface area contributed by atoms with Gasteiger partial charge in [0.1, 0.15) is 0 Å². The summed E-state index contributed by atoms with van der Waals surface area (Å²) in [5, 5.41) is 15.6. The standard InChI is InChI=1S/C13H19BrN2O2/c1-13(2,3)15-8-7-11(17)16-10-6-4-5-9(14)12(10)18/h4-6,15,18H,7-8H2,1-3H3,(H,16,17). The first-order valence-corrected chi connectivity index (χ1v) is 6.61. The van der Waals surface area contributed by atoms with Crippen LogP contribution < -0.4 is 10.6 Å². The number of carbonyl (C=O) groups is 1. The lowest BCUT2D eigenvalue weighted by atomic mass is 10.1. The maximum Gasteiger partial charge on any atom is 0.225 e. The van der Waals surface area contributed by atoms with E-state index >= 15 is 0 Å². The van der Waals surface area contributed by atoms with Crippen molar-refractivity contribution in [3.63, 3.8) is 0 Å². The summed E-state index contributed by atoms with van der Waals surface area (Å²) in [5.74, 6) is -0.0743. The lowest BCUT2D eigenvalue weighted by Gasteiger charge is -2.20. The SMILES string of the molecule is CC(C)(C)NCCC(=O)Nc1cccc(Br)c1O. The normalized spacial score (nSPS) is 11.3. The summed E-state index contributed by atoms with van der Waals surface area (Å²) in [4.78, 5) is 11.7. The van der Waals surface area contributed by atoms with E-state index in [4.69, 9.17) is 0 Å². The summed E-state index contributed by atoms with van der Waals surface area (Å²) >= 11 is 3.20. The van der Waals surface area contributed by atoms with Crippen LogP contribution in [0.5, 0.6) is 5.75 Å². The molecule has 0 radical (unpaired) electrons. The van der Waals surface area contributed by atoms with E-state index in [9.17, 15) is 9.90 Å². The Morgan fingerprint density at radius 2 is 2.06 bits per heavy atom. The van der Waals surface area contributed by atoms with E-state index in [1.54, 1.807) is 18.2 Å². The minimum Gasteiger partial charge on any atom is -0.505 e. The number of anilines is 1. The second-order valence-electron chi connectivity index (χ2n) is 5.11. The zero-order chi connectivity index (χ0) is 13.8. The van der Waals surface area contributed by atoms with Gasteiger partial charge in [-0.25, -0.2) is 0 Å². The molecular formula is C13H19BrN2O2. The van der Waals surface area contributed by atoms with Gasteiger partial charge in [0, 0.05) is 18.5 Å². The van der Waals surface area contributed by atoms with Crippen LogP contribution in [0.1, 0.15) is 27.2 Å². The van der Waals surface area contributed by atoms with E-state index in [-0.39, 0.29) is 17.2 Å². The number of phenols is 1. The second kappa shape index (κ2) is 6.20. The summed E-state index contributed by atoms with van der Waals surface area (Å²) in [6, 6.07) is 5.13. The first kappa shape index (κ1) is 15.0. The molecule has 1 aromatic rings. The molecule has 0 aliphatic heterocycles. The van der Waals surface area contributed by atoms with Crippen LogP contribution in [0.25, 0.3) is 0 Å². The molecule has 0 unspecified atom stereocenters. The molecule has 0 aliphatic rings. The third kappa shape index (κ3) is 5.06. The third-order valence-corrected chi connectivity index (χ3v) is 2.91. The van der Waals surface area contributed by atoms with Gasteiger partial charge in [0.25, 0.3) is 0 Å². The van der Waals surface area contributed by atoms with Gasteiger partial charge in [-0.1, -0.05) is 6.07 Å². The van der Waals surface area contributed by atoms with Crippen molar-refractivity contribution in [3.05, 3.63) is 22.7 Å². The molecule has 0 atom stereocenters. The highest BCUT2D eigenvalue weighted by Gasteiger charge is 2.11. The Bertz CT molecular complexity index is 427. The lowest BCUT2D eigenvalue weighted by molar-refractivity contribution is -0.116. The Morgan fingerprint density at radius 1 is 1.39 bits per heavy atom. The molecule has 18 heavy (non-hydrogen) atoms. The fourth-order valence-corrected chi connectivity index (χ4v) is 1.75. The number of para-hydroxylation sites is 1. The number of phenolic OH excluding ortho intramolecular Hbond substituents is 1. The van der Waals surface area contributed by atoms with Crippen LogP contribution in [0.3, 0.4) is 0 Å². The Balaban J connectivity index is 2.48. The second-order valence-corrected chi connectivity index (χ2v) is 5.97. The Kier molecular flexibility index (Phi) is 5.16. The van der Waals surface area contributed by atoms with Gasteiger partial charge in [-0.3, -0.25) is 4.79 Å². The smallest absolute Gasteiger partial charge is 0.225 e.